The highest BCUT2D eigenvalue weighted by Gasteiger charge is 2.23. The second kappa shape index (κ2) is 8.93. The van der Waals surface area contributed by atoms with E-state index in [0.717, 1.165) is 12.1 Å². The van der Waals surface area contributed by atoms with E-state index in [9.17, 15) is 14.4 Å². The van der Waals surface area contributed by atoms with E-state index in [2.05, 4.69) is 12.2 Å². The minimum absolute atomic E-state index is 0.00290. The number of aryl methyl sites for hydroxylation is 1. The molecule has 6 nitrogen and oxygen atoms in total. The molecule has 28 heavy (non-hydrogen) atoms. The molecule has 1 aliphatic heterocycles. The first-order valence-electron chi connectivity index (χ1n) is 9.01. The van der Waals surface area contributed by atoms with Gasteiger partial charge in [-0.25, -0.2) is 0 Å². The summed E-state index contributed by atoms with van der Waals surface area (Å²) in [5.41, 5.74) is 3.03. The number of thioether (sulfide) groups is 1. The number of anilines is 2. The summed E-state index contributed by atoms with van der Waals surface area (Å²) in [7, 11) is 1.66. The number of ketones is 1. The van der Waals surface area contributed by atoms with Gasteiger partial charge in [0.15, 0.2) is 12.4 Å². The Hall–Kier alpha value is -2.80. The highest BCUT2D eigenvalue weighted by Crippen LogP contribution is 2.32. The van der Waals surface area contributed by atoms with Crippen LogP contribution in [0, 0.1) is 0 Å². The fourth-order valence-electron chi connectivity index (χ4n) is 2.79. The Morgan fingerprint density at radius 3 is 2.61 bits per heavy atom. The van der Waals surface area contributed by atoms with Gasteiger partial charge >= 0.3 is 0 Å². The number of amides is 2. The van der Waals surface area contributed by atoms with Gasteiger partial charge in [0.25, 0.3) is 5.91 Å². The zero-order chi connectivity index (χ0) is 20.1. The molecule has 0 saturated carbocycles. The molecule has 0 bridgehead atoms. The molecule has 0 atom stereocenters. The predicted molar refractivity (Wildman–Crippen MR) is 111 cm³/mol. The summed E-state index contributed by atoms with van der Waals surface area (Å²) >= 11 is 1.26. The number of fused-ring (bicyclic) bond motifs is 1. The molecule has 1 N–H and O–H groups in total. The van der Waals surface area contributed by atoms with Gasteiger partial charge in [0.05, 0.1) is 17.2 Å². The number of Topliss-reactive ketones (excluding diaryl/α,β-unsaturated/α-hetero) is 1. The molecular formula is C21H22N2O4S. The normalized spacial score (nSPS) is 12.9. The lowest BCUT2D eigenvalue weighted by Gasteiger charge is -2.26. The van der Waals surface area contributed by atoms with Crippen LogP contribution in [-0.4, -0.2) is 42.8 Å². The van der Waals surface area contributed by atoms with Gasteiger partial charge in [0.2, 0.25) is 5.91 Å². The number of hydrogen-bond donors (Lipinski definition) is 1. The van der Waals surface area contributed by atoms with E-state index in [1.807, 2.05) is 24.3 Å². The Kier molecular flexibility index (Phi) is 6.36. The van der Waals surface area contributed by atoms with Crippen LogP contribution < -0.4 is 15.0 Å². The van der Waals surface area contributed by atoms with E-state index in [0.29, 0.717) is 17.0 Å². The summed E-state index contributed by atoms with van der Waals surface area (Å²) in [4.78, 5) is 37.7. The maximum atomic E-state index is 12.4. The van der Waals surface area contributed by atoms with Crippen LogP contribution >= 0.6 is 11.8 Å². The molecule has 1 heterocycles. The molecule has 0 fully saturated rings. The van der Waals surface area contributed by atoms with E-state index in [1.165, 1.54) is 22.2 Å². The quantitative estimate of drug-likeness (QED) is 0.725. The van der Waals surface area contributed by atoms with Gasteiger partial charge in [0, 0.05) is 18.3 Å². The zero-order valence-corrected chi connectivity index (χ0v) is 16.7. The van der Waals surface area contributed by atoms with Crippen LogP contribution in [0.1, 0.15) is 22.8 Å². The third kappa shape index (κ3) is 4.72. The van der Waals surface area contributed by atoms with E-state index in [4.69, 9.17) is 4.74 Å². The minimum Gasteiger partial charge on any atom is -0.482 e. The first kappa shape index (κ1) is 19.9. The molecule has 0 aliphatic carbocycles. The highest BCUT2D eigenvalue weighted by atomic mass is 32.2. The van der Waals surface area contributed by atoms with Crippen LogP contribution in [0.3, 0.4) is 0 Å². The monoisotopic (exact) mass is 398 g/mol. The number of rotatable bonds is 7. The van der Waals surface area contributed by atoms with Gasteiger partial charge in [-0.1, -0.05) is 19.1 Å². The second-order valence-electron chi connectivity index (χ2n) is 6.44. The molecule has 0 aromatic heterocycles. The van der Waals surface area contributed by atoms with Crippen molar-refractivity contribution >= 4 is 40.7 Å². The minimum atomic E-state index is -0.157. The summed E-state index contributed by atoms with van der Waals surface area (Å²) in [5.74, 6) is 0.549. The standard InChI is InChI=1S/C21H22N2O4S/c1-3-14-4-7-16(8-5-14)22-20(25)13-28-12-18(24)15-6-9-19-17(10-15)23(2)21(26)11-27-19/h4-10H,3,11-13H2,1-2H3,(H,22,25). The molecule has 0 unspecified atom stereocenters. The van der Waals surface area contributed by atoms with E-state index >= 15 is 0 Å². The van der Waals surface area contributed by atoms with Crippen LogP contribution in [0.4, 0.5) is 11.4 Å². The summed E-state index contributed by atoms with van der Waals surface area (Å²) in [6, 6.07) is 12.7. The lowest BCUT2D eigenvalue weighted by molar-refractivity contribution is -0.121. The molecule has 0 saturated heterocycles. The van der Waals surface area contributed by atoms with Crippen molar-refractivity contribution < 1.29 is 19.1 Å². The first-order chi connectivity index (χ1) is 13.5. The van der Waals surface area contributed by atoms with Crippen LogP contribution in [0.25, 0.3) is 0 Å². The Bertz CT molecular complexity index is 896. The summed E-state index contributed by atoms with van der Waals surface area (Å²) in [6.07, 6.45) is 0.949. The number of nitrogens with one attached hydrogen (secondary N) is 1. The molecular weight excluding hydrogens is 376 g/mol. The SMILES string of the molecule is CCc1ccc(NC(=O)CSCC(=O)c2ccc3c(c2)N(C)C(=O)CO3)cc1. The Labute approximate surface area is 168 Å². The third-order valence-electron chi connectivity index (χ3n) is 4.48. The molecule has 146 valence electrons. The summed E-state index contributed by atoms with van der Waals surface area (Å²) < 4.78 is 5.36. The van der Waals surface area contributed by atoms with Crippen LogP contribution in [-0.2, 0) is 16.0 Å². The molecule has 3 rings (SSSR count). The van der Waals surface area contributed by atoms with E-state index in [-0.39, 0.29) is 35.7 Å². The van der Waals surface area contributed by atoms with Crippen molar-refractivity contribution in [2.45, 2.75) is 13.3 Å². The third-order valence-corrected chi connectivity index (χ3v) is 5.41. The van der Waals surface area contributed by atoms with Crippen molar-refractivity contribution in [1.29, 1.82) is 0 Å². The molecule has 2 aromatic rings. The van der Waals surface area contributed by atoms with Crippen LogP contribution in [0.15, 0.2) is 42.5 Å². The molecule has 7 heteroatoms. The van der Waals surface area contributed by atoms with E-state index < -0.39 is 0 Å². The highest BCUT2D eigenvalue weighted by molar-refractivity contribution is 8.00. The topological polar surface area (TPSA) is 75.7 Å². The lowest BCUT2D eigenvalue weighted by atomic mass is 10.1. The van der Waals surface area contributed by atoms with Gasteiger partial charge in [0.1, 0.15) is 5.75 Å². The first-order valence-corrected chi connectivity index (χ1v) is 10.2. The van der Waals surface area contributed by atoms with Crippen molar-refractivity contribution in [1.82, 2.24) is 0 Å². The smallest absolute Gasteiger partial charge is 0.264 e. The van der Waals surface area contributed by atoms with Crippen molar-refractivity contribution in [3.8, 4) is 5.75 Å². The maximum absolute atomic E-state index is 12.4. The number of carbonyl (C=O) groups excluding carboxylic acids is 3. The maximum Gasteiger partial charge on any atom is 0.264 e. The molecule has 1 aliphatic rings. The van der Waals surface area contributed by atoms with Crippen molar-refractivity contribution in [2.24, 2.45) is 0 Å². The molecule has 0 radical (unpaired) electrons. The molecule has 0 spiro atoms. The number of benzene rings is 2. The largest absolute Gasteiger partial charge is 0.482 e. The van der Waals surface area contributed by atoms with Gasteiger partial charge in [-0.05, 0) is 42.3 Å². The van der Waals surface area contributed by atoms with Crippen molar-refractivity contribution in [3.05, 3.63) is 53.6 Å². The Morgan fingerprint density at radius 1 is 1.14 bits per heavy atom. The van der Waals surface area contributed by atoms with Crippen LogP contribution in [0.2, 0.25) is 0 Å². The number of ether oxygens (including phenoxy) is 1. The number of nitrogens with zero attached hydrogens (tertiary/aromatic N) is 1. The Morgan fingerprint density at radius 2 is 1.89 bits per heavy atom. The van der Waals surface area contributed by atoms with E-state index in [1.54, 1.807) is 25.2 Å². The number of carbonyl (C=O) groups is 3. The number of hydrogen-bond acceptors (Lipinski definition) is 5. The molecule has 2 amide bonds. The summed E-state index contributed by atoms with van der Waals surface area (Å²) in [5, 5.41) is 2.83. The van der Waals surface area contributed by atoms with Gasteiger partial charge in [-0.3, -0.25) is 14.4 Å². The van der Waals surface area contributed by atoms with Crippen LogP contribution in [0.5, 0.6) is 5.75 Å². The van der Waals surface area contributed by atoms with Crippen molar-refractivity contribution in [3.63, 3.8) is 0 Å². The average molecular weight is 398 g/mol. The van der Waals surface area contributed by atoms with Gasteiger partial charge in [-0.2, -0.15) is 0 Å². The predicted octanol–water partition coefficient (Wildman–Crippen LogP) is 3.16. The zero-order valence-electron chi connectivity index (χ0n) is 15.9. The fraction of sp³-hybridized carbons (Fsp3) is 0.286. The van der Waals surface area contributed by atoms with Gasteiger partial charge < -0.3 is 15.0 Å². The van der Waals surface area contributed by atoms with Gasteiger partial charge in [-0.15, -0.1) is 11.8 Å². The Balaban J connectivity index is 1.51. The average Bonchev–Trinajstić information content (AvgIpc) is 2.71. The fourth-order valence-corrected chi connectivity index (χ4v) is 3.50. The lowest BCUT2D eigenvalue weighted by Crippen LogP contribution is -2.35. The molecule has 2 aromatic carbocycles. The number of likely N-dealkylation sites (N-methyl/N-ethyl adjacent to an activating group) is 1. The second-order valence-corrected chi connectivity index (χ2v) is 7.42. The van der Waals surface area contributed by atoms with Crippen molar-refractivity contribution in [2.75, 3.05) is 35.4 Å². The summed E-state index contributed by atoms with van der Waals surface area (Å²) in [6.45, 7) is 2.08.